The van der Waals surface area contributed by atoms with Crippen molar-refractivity contribution in [1.82, 2.24) is 0 Å². The van der Waals surface area contributed by atoms with Crippen LogP contribution in [0.25, 0.3) is 0 Å². The molecule has 0 heterocycles. The molecule has 1 atom stereocenters. The van der Waals surface area contributed by atoms with E-state index in [0.29, 0.717) is 6.42 Å². The van der Waals surface area contributed by atoms with E-state index in [4.69, 9.17) is 0 Å². The van der Waals surface area contributed by atoms with E-state index in [0.717, 1.165) is 5.92 Å². The van der Waals surface area contributed by atoms with E-state index in [2.05, 4.69) is 48.9 Å². The number of carbonyl (C=O) groups is 1. The van der Waals surface area contributed by atoms with Gasteiger partial charge in [-0.3, -0.25) is 4.79 Å². The lowest BCUT2D eigenvalue weighted by Gasteiger charge is -2.14. The highest BCUT2D eigenvalue weighted by Crippen LogP contribution is 2.18. The summed E-state index contributed by atoms with van der Waals surface area (Å²) in [5.74, 6) is 0.766. The lowest BCUT2D eigenvalue weighted by molar-refractivity contribution is -0.128. The molecule has 0 saturated carbocycles. The summed E-state index contributed by atoms with van der Waals surface area (Å²) >= 11 is 0. The van der Waals surface area contributed by atoms with Crippen molar-refractivity contribution in [1.29, 1.82) is 0 Å². The Morgan fingerprint density at radius 1 is 0.962 bits per heavy atom. The molecule has 0 radical (unpaired) electrons. The van der Waals surface area contributed by atoms with E-state index in [9.17, 15) is 13.2 Å². The summed E-state index contributed by atoms with van der Waals surface area (Å²) in [5.41, 5.74) is 1.44. The second kappa shape index (κ2) is 11.5. The summed E-state index contributed by atoms with van der Waals surface area (Å²) in [6.45, 7) is 6.40. The Morgan fingerprint density at radius 2 is 1.50 bits per heavy atom. The molecule has 26 heavy (non-hydrogen) atoms. The number of rotatable bonds is 8. The van der Waals surface area contributed by atoms with E-state index in [1.54, 1.807) is 37.3 Å². The van der Waals surface area contributed by atoms with Crippen LogP contribution < -0.4 is 0 Å². The molecule has 2 aromatic rings. The van der Waals surface area contributed by atoms with Crippen molar-refractivity contribution in [2.24, 2.45) is 5.92 Å². The van der Waals surface area contributed by atoms with Crippen LogP contribution in [0.15, 0.2) is 65.6 Å². The normalized spacial score (nSPS) is 12.0. The minimum absolute atomic E-state index is 0.1000. The Hall–Kier alpha value is -2.14. The molecule has 142 valence electrons. The molecule has 0 aliphatic rings. The molecular formula is C21H28O4S. The van der Waals surface area contributed by atoms with Gasteiger partial charge in [-0.15, -0.1) is 0 Å². The van der Waals surface area contributed by atoms with Gasteiger partial charge in [0.2, 0.25) is 0 Å². The SMILES string of the molecule is CC(C)Cc1ccccc1.CCC(COC=O)S(=O)(=O)c1ccccc1. The monoisotopic (exact) mass is 376 g/mol. The van der Waals surface area contributed by atoms with Gasteiger partial charge in [-0.05, 0) is 36.5 Å². The molecule has 2 aromatic carbocycles. The van der Waals surface area contributed by atoms with Gasteiger partial charge in [-0.2, -0.15) is 0 Å². The zero-order chi connectivity index (χ0) is 19.4. The van der Waals surface area contributed by atoms with Crippen LogP contribution in [0.5, 0.6) is 0 Å². The van der Waals surface area contributed by atoms with Crippen LogP contribution in [0.3, 0.4) is 0 Å². The predicted molar refractivity (Wildman–Crippen MR) is 105 cm³/mol. The highest BCUT2D eigenvalue weighted by atomic mass is 32.2. The second-order valence-corrected chi connectivity index (χ2v) is 8.63. The molecule has 0 spiro atoms. The van der Waals surface area contributed by atoms with Crippen LogP contribution in [0.1, 0.15) is 32.8 Å². The van der Waals surface area contributed by atoms with Crippen LogP contribution in [0, 0.1) is 5.92 Å². The van der Waals surface area contributed by atoms with Crippen molar-refractivity contribution in [3.8, 4) is 0 Å². The lowest BCUT2D eigenvalue weighted by Crippen LogP contribution is -2.26. The van der Waals surface area contributed by atoms with Crippen LogP contribution in [-0.4, -0.2) is 26.7 Å². The van der Waals surface area contributed by atoms with Gasteiger partial charge in [0, 0.05) is 0 Å². The molecular weight excluding hydrogens is 348 g/mol. The topological polar surface area (TPSA) is 60.4 Å². The molecule has 5 heteroatoms. The quantitative estimate of drug-likeness (QED) is 0.645. The summed E-state index contributed by atoms with van der Waals surface area (Å²) in [6.07, 6.45) is 1.60. The summed E-state index contributed by atoms with van der Waals surface area (Å²) in [5, 5.41) is -0.680. The van der Waals surface area contributed by atoms with Gasteiger partial charge in [-0.1, -0.05) is 69.3 Å². The largest absolute Gasteiger partial charge is 0.467 e. The highest BCUT2D eigenvalue weighted by Gasteiger charge is 2.26. The Balaban J connectivity index is 0.000000289. The third kappa shape index (κ3) is 7.40. The Bertz CT molecular complexity index is 725. The Morgan fingerprint density at radius 3 is 1.96 bits per heavy atom. The van der Waals surface area contributed by atoms with Gasteiger partial charge in [0.05, 0.1) is 10.1 Å². The fraction of sp³-hybridized carbons (Fsp3) is 0.381. The molecule has 0 aliphatic carbocycles. The van der Waals surface area contributed by atoms with Gasteiger partial charge in [0.25, 0.3) is 6.47 Å². The highest BCUT2D eigenvalue weighted by molar-refractivity contribution is 7.92. The maximum Gasteiger partial charge on any atom is 0.293 e. The Labute approximate surface area is 157 Å². The van der Waals surface area contributed by atoms with Crippen LogP contribution in [-0.2, 0) is 25.8 Å². The molecule has 0 N–H and O–H groups in total. The van der Waals surface area contributed by atoms with Crippen LogP contribution in [0.4, 0.5) is 0 Å². The van der Waals surface area contributed by atoms with Crippen LogP contribution >= 0.6 is 0 Å². The third-order valence-electron chi connectivity index (χ3n) is 3.80. The van der Waals surface area contributed by atoms with Gasteiger partial charge in [0.1, 0.15) is 6.61 Å². The first-order chi connectivity index (χ1) is 12.4. The van der Waals surface area contributed by atoms with Gasteiger partial charge >= 0.3 is 0 Å². The van der Waals surface area contributed by atoms with Crippen molar-refractivity contribution in [3.05, 3.63) is 66.2 Å². The molecule has 4 nitrogen and oxygen atoms in total. The van der Waals surface area contributed by atoms with Crippen molar-refractivity contribution in [2.75, 3.05) is 6.61 Å². The fourth-order valence-corrected chi connectivity index (χ4v) is 4.08. The minimum Gasteiger partial charge on any atom is -0.467 e. The van der Waals surface area contributed by atoms with E-state index in [-0.39, 0.29) is 18.0 Å². The molecule has 0 aromatic heterocycles. The zero-order valence-electron chi connectivity index (χ0n) is 15.7. The fourth-order valence-electron chi connectivity index (χ4n) is 2.46. The van der Waals surface area contributed by atoms with Crippen molar-refractivity contribution in [3.63, 3.8) is 0 Å². The molecule has 0 aliphatic heterocycles. The number of ether oxygens (including phenoxy) is 1. The number of carbonyl (C=O) groups excluding carboxylic acids is 1. The van der Waals surface area contributed by atoms with Crippen LogP contribution in [0.2, 0.25) is 0 Å². The molecule has 0 saturated heterocycles. The minimum atomic E-state index is -3.41. The second-order valence-electron chi connectivity index (χ2n) is 6.40. The molecule has 0 bridgehead atoms. The maximum atomic E-state index is 12.1. The number of benzene rings is 2. The average molecular weight is 377 g/mol. The third-order valence-corrected chi connectivity index (χ3v) is 6.08. The van der Waals surface area contributed by atoms with E-state index in [1.807, 2.05) is 0 Å². The van der Waals surface area contributed by atoms with Crippen molar-refractivity contribution < 1.29 is 17.9 Å². The summed E-state index contributed by atoms with van der Waals surface area (Å²) in [6, 6.07) is 18.8. The smallest absolute Gasteiger partial charge is 0.293 e. The molecule has 0 fully saturated rings. The van der Waals surface area contributed by atoms with E-state index >= 15 is 0 Å². The first-order valence-electron chi connectivity index (χ1n) is 8.79. The molecule has 2 rings (SSSR count). The van der Waals surface area contributed by atoms with Crippen molar-refractivity contribution >= 4 is 16.3 Å². The zero-order valence-corrected chi connectivity index (χ0v) is 16.5. The summed E-state index contributed by atoms with van der Waals surface area (Å²) < 4.78 is 28.7. The Kier molecular flexibility index (Phi) is 9.66. The number of hydrogen-bond donors (Lipinski definition) is 0. The predicted octanol–water partition coefficient (Wildman–Crippen LogP) is 4.30. The first-order valence-corrected chi connectivity index (χ1v) is 10.3. The summed E-state index contributed by atoms with van der Waals surface area (Å²) in [7, 11) is -3.41. The maximum absolute atomic E-state index is 12.1. The lowest BCUT2D eigenvalue weighted by atomic mass is 10.0. The van der Waals surface area contributed by atoms with E-state index in [1.165, 1.54) is 12.0 Å². The number of hydrogen-bond acceptors (Lipinski definition) is 4. The average Bonchev–Trinajstić information content (AvgIpc) is 2.64. The van der Waals surface area contributed by atoms with E-state index < -0.39 is 15.1 Å². The van der Waals surface area contributed by atoms with Crippen molar-refractivity contribution in [2.45, 2.75) is 43.8 Å². The summed E-state index contributed by atoms with van der Waals surface area (Å²) in [4.78, 5) is 10.3. The molecule has 0 amide bonds. The van der Waals surface area contributed by atoms with Gasteiger partial charge in [0.15, 0.2) is 9.84 Å². The standard InChI is InChI=1S/C11H14O4S.C10H14/c1-2-10(8-15-9-12)16(13,14)11-6-4-3-5-7-11;1-9(2)8-10-6-4-3-5-7-10/h3-7,9-10H,2,8H2,1H3;3-7,9H,8H2,1-2H3. The number of sulfone groups is 1. The van der Waals surface area contributed by atoms with Gasteiger partial charge < -0.3 is 4.74 Å². The first kappa shape index (κ1) is 21.9. The van der Waals surface area contributed by atoms with Gasteiger partial charge in [-0.25, -0.2) is 8.42 Å². The molecule has 1 unspecified atom stereocenters.